The van der Waals surface area contributed by atoms with E-state index < -0.39 is 0 Å². The topological polar surface area (TPSA) is 54.9 Å². The van der Waals surface area contributed by atoms with E-state index in [1.807, 2.05) is 6.92 Å². The fourth-order valence-corrected chi connectivity index (χ4v) is 1.75. The van der Waals surface area contributed by atoms with Crippen molar-refractivity contribution in [1.82, 2.24) is 9.97 Å². The molecule has 1 N–H and O–H groups in total. The average Bonchev–Trinajstić information content (AvgIpc) is 2.89. The minimum absolute atomic E-state index is 0.0813. The van der Waals surface area contributed by atoms with Gasteiger partial charge in [0.15, 0.2) is 0 Å². The zero-order valence-electron chi connectivity index (χ0n) is 9.95. The summed E-state index contributed by atoms with van der Waals surface area (Å²) in [7, 11) is 0. The first-order valence-electron chi connectivity index (χ1n) is 5.64. The van der Waals surface area contributed by atoms with Gasteiger partial charge in [-0.1, -0.05) is 20.8 Å². The summed E-state index contributed by atoms with van der Waals surface area (Å²) >= 11 is 0. The number of rotatable bonds is 3. The lowest BCUT2D eigenvalue weighted by Gasteiger charge is -2.06. The molecule has 1 aliphatic rings. The lowest BCUT2D eigenvalue weighted by atomic mass is 10.1. The van der Waals surface area contributed by atoms with Gasteiger partial charge in [-0.15, -0.1) is 0 Å². The van der Waals surface area contributed by atoms with Crippen molar-refractivity contribution in [2.75, 3.05) is 5.32 Å². The smallest absolute Gasteiger partial charge is 0.228 e. The van der Waals surface area contributed by atoms with Crippen LogP contribution in [0.5, 0.6) is 0 Å². The molecule has 4 heteroatoms. The summed E-state index contributed by atoms with van der Waals surface area (Å²) in [4.78, 5) is 20.1. The van der Waals surface area contributed by atoms with Crippen molar-refractivity contribution in [2.24, 2.45) is 11.3 Å². The predicted molar refractivity (Wildman–Crippen MR) is 61.9 cm³/mol. The van der Waals surface area contributed by atoms with Gasteiger partial charge in [-0.2, -0.15) is 0 Å². The normalized spacial score (nSPS) is 21.6. The third-order valence-electron chi connectivity index (χ3n) is 3.12. The molecule has 1 fully saturated rings. The molecule has 0 aliphatic heterocycles. The van der Waals surface area contributed by atoms with Crippen molar-refractivity contribution in [1.29, 1.82) is 0 Å². The molecule has 1 aliphatic carbocycles. The van der Waals surface area contributed by atoms with Crippen LogP contribution in [0, 0.1) is 11.3 Å². The SMILES string of the molecule is CCc1ncc(NC(=O)[C@H]2CC2(C)C)cn1. The summed E-state index contributed by atoms with van der Waals surface area (Å²) in [5.41, 5.74) is 0.846. The molecule has 1 atom stereocenters. The van der Waals surface area contributed by atoms with E-state index in [-0.39, 0.29) is 17.2 Å². The number of anilines is 1. The third-order valence-corrected chi connectivity index (χ3v) is 3.12. The molecule has 1 heterocycles. The zero-order chi connectivity index (χ0) is 11.8. The fraction of sp³-hybridized carbons (Fsp3) is 0.583. The molecule has 0 unspecified atom stereocenters. The highest BCUT2D eigenvalue weighted by Gasteiger charge is 2.50. The van der Waals surface area contributed by atoms with E-state index >= 15 is 0 Å². The van der Waals surface area contributed by atoms with Crippen molar-refractivity contribution < 1.29 is 4.79 Å². The van der Waals surface area contributed by atoms with E-state index in [0.29, 0.717) is 5.69 Å². The third kappa shape index (κ3) is 2.21. The molecule has 0 bridgehead atoms. The molecule has 2 rings (SSSR count). The van der Waals surface area contributed by atoms with E-state index in [1.165, 1.54) is 0 Å². The molecular weight excluding hydrogens is 202 g/mol. The molecule has 86 valence electrons. The van der Waals surface area contributed by atoms with Gasteiger partial charge in [0.25, 0.3) is 0 Å². The van der Waals surface area contributed by atoms with Crippen LogP contribution in [0.15, 0.2) is 12.4 Å². The summed E-state index contributed by atoms with van der Waals surface area (Å²) in [6.45, 7) is 6.21. The van der Waals surface area contributed by atoms with Gasteiger partial charge in [-0.3, -0.25) is 4.79 Å². The van der Waals surface area contributed by atoms with Crippen LogP contribution in [0.4, 0.5) is 5.69 Å². The summed E-state index contributed by atoms with van der Waals surface area (Å²) in [5.74, 6) is 1.01. The van der Waals surface area contributed by atoms with Crippen molar-refractivity contribution in [3.05, 3.63) is 18.2 Å². The van der Waals surface area contributed by atoms with Crippen molar-refractivity contribution in [3.8, 4) is 0 Å². The van der Waals surface area contributed by atoms with Crippen LogP contribution >= 0.6 is 0 Å². The molecule has 0 spiro atoms. The largest absolute Gasteiger partial charge is 0.323 e. The van der Waals surface area contributed by atoms with Crippen molar-refractivity contribution >= 4 is 11.6 Å². The van der Waals surface area contributed by atoms with E-state index in [0.717, 1.165) is 18.7 Å². The van der Waals surface area contributed by atoms with Gasteiger partial charge in [0.05, 0.1) is 18.1 Å². The maximum atomic E-state index is 11.8. The van der Waals surface area contributed by atoms with Gasteiger partial charge >= 0.3 is 0 Å². The zero-order valence-corrected chi connectivity index (χ0v) is 9.95. The number of hydrogen-bond acceptors (Lipinski definition) is 3. The Kier molecular flexibility index (Phi) is 2.66. The quantitative estimate of drug-likeness (QED) is 0.846. The fourth-order valence-electron chi connectivity index (χ4n) is 1.75. The van der Waals surface area contributed by atoms with Gasteiger partial charge in [0, 0.05) is 12.3 Å². The van der Waals surface area contributed by atoms with Crippen LogP contribution in [-0.4, -0.2) is 15.9 Å². The number of hydrogen-bond donors (Lipinski definition) is 1. The number of amides is 1. The first-order chi connectivity index (χ1) is 7.53. The van der Waals surface area contributed by atoms with Crippen LogP contribution < -0.4 is 5.32 Å². The minimum atomic E-state index is 0.0813. The number of aryl methyl sites for hydroxylation is 1. The van der Waals surface area contributed by atoms with E-state index in [9.17, 15) is 4.79 Å². The maximum absolute atomic E-state index is 11.8. The van der Waals surface area contributed by atoms with Gasteiger partial charge in [0.2, 0.25) is 5.91 Å². The Balaban J connectivity index is 1.96. The van der Waals surface area contributed by atoms with Crippen LogP contribution in [0.1, 0.15) is 33.0 Å². The Labute approximate surface area is 95.5 Å². The Morgan fingerprint density at radius 3 is 2.50 bits per heavy atom. The van der Waals surface area contributed by atoms with E-state index in [4.69, 9.17) is 0 Å². The first-order valence-corrected chi connectivity index (χ1v) is 5.64. The molecule has 0 saturated heterocycles. The molecular formula is C12H17N3O. The van der Waals surface area contributed by atoms with Gasteiger partial charge in [-0.25, -0.2) is 9.97 Å². The molecule has 1 saturated carbocycles. The number of carbonyl (C=O) groups excluding carboxylic acids is 1. The number of aromatic nitrogens is 2. The summed E-state index contributed by atoms with van der Waals surface area (Å²) in [6, 6.07) is 0. The molecule has 1 amide bonds. The number of carbonyl (C=O) groups is 1. The highest BCUT2D eigenvalue weighted by Crippen LogP contribution is 2.51. The molecule has 16 heavy (non-hydrogen) atoms. The first kappa shape index (κ1) is 11.0. The Morgan fingerprint density at radius 2 is 2.06 bits per heavy atom. The van der Waals surface area contributed by atoms with Crippen molar-refractivity contribution in [2.45, 2.75) is 33.6 Å². The molecule has 1 aromatic heterocycles. The lowest BCUT2D eigenvalue weighted by Crippen LogP contribution is -2.16. The van der Waals surface area contributed by atoms with Crippen molar-refractivity contribution in [3.63, 3.8) is 0 Å². The second-order valence-corrected chi connectivity index (χ2v) is 4.98. The van der Waals surface area contributed by atoms with Crippen LogP contribution in [-0.2, 0) is 11.2 Å². The number of nitrogens with zero attached hydrogens (tertiary/aromatic N) is 2. The van der Waals surface area contributed by atoms with Crippen LogP contribution in [0.2, 0.25) is 0 Å². The second kappa shape index (κ2) is 3.85. The number of nitrogens with one attached hydrogen (secondary N) is 1. The molecule has 4 nitrogen and oxygen atoms in total. The highest BCUT2D eigenvalue weighted by atomic mass is 16.2. The van der Waals surface area contributed by atoms with E-state index in [2.05, 4.69) is 29.1 Å². The van der Waals surface area contributed by atoms with E-state index in [1.54, 1.807) is 12.4 Å². The Morgan fingerprint density at radius 1 is 1.50 bits per heavy atom. The molecule has 1 aromatic rings. The van der Waals surface area contributed by atoms with Gasteiger partial charge in [-0.05, 0) is 11.8 Å². The van der Waals surface area contributed by atoms with Gasteiger partial charge in [0.1, 0.15) is 5.82 Å². The maximum Gasteiger partial charge on any atom is 0.228 e. The standard InChI is InChI=1S/C12H17N3O/c1-4-10-13-6-8(7-14-10)15-11(16)9-5-12(9,2)3/h6-7,9H,4-5H2,1-3H3,(H,15,16)/t9-/m1/s1. The van der Waals surface area contributed by atoms with Crippen LogP contribution in [0.3, 0.4) is 0 Å². The second-order valence-electron chi connectivity index (χ2n) is 4.98. The van der Waals surface area contributed by atoms with Crippen LogP contribution in [0.25, 0.3) is 0 Å². The monoisotopic (exact) mass is 219 g/mol. The summed E-state index contributed by atoms with van der Waals surface area (Å²) in [5, 5.41) is 2.85. The highest BCUT2D eigenvalue weighted by molar-refractivity contribution is 5.94. The predicted octanol–water partition coefficient (Wildman–Crippen LogP) is 2.02. The Hall–Kier alpha value is -1.45. The molecule has 0 radical (unpaired) electrons. The Bertz CT molecular complexity index is 397. The minimum Gasteiger partial charge on any atom is -0.323 e. The molecule has 0 aromatic carbocycles. The summed E-state index contributed by atoms with van der Waals surface area (Å²) < 4.78 is 0. The van der Waals surface area contributed by atoms with Gasteiger partial charge < -0.3 is 5.32 Å². The average molecular weight is 219 g/mol. The summed E-state index contributed by atoms with van der Waals surface area (Å²) in [6.07, 6.45) is 5.11. The lowest BCUT2D eigenvalue weighted by molar-refractivity contribution is -0.118.